The van der Waals surface area contributed by atoms with Crippen molar-refractivity contribution in [3.05, 3.63) is 64.3 Å². The number of rotatable bonds is 4. The van der Waals surface area contributed by atoms with Crippen molar-refractivity contribution in [2.45, 2.75) is 51.1 Å². The van der Waals surface area contributed by atoms with E-state index in [4.69, 9.17) is 0 Å². The van der Waals surface area contributed by atoms with E-state index < -0.39 is 0 Å². The number of nitrogens with one attached hydrogen (secondary N) is 1. The molecule has 0 unspecified atom stereocenters. The van der Waals surface area contributed by atoms with Crippen molar-refractivity contribution >= 4 is 5.91 Å². The Morgan fingerprint density at radius 1 is 1.33 bits per heavy atom. The molecule has 24 heavy (non-hydrogen) atoms. The molecule has 1 aliphatic carbocycles. The van der Waals surface area contributed by atoms with Gasteiger partial charge in [-0.15, -0.1) is 0 Å². The second-order valence-electron chi connectivity index (χ2n) is 6.99. The maximum Gasteiger partial charge on any atom is 0.253 e. The summed E-state index contributed by atoms with van der Waals surface area (Å²) in [5.41, 5.74) is 2.52. The molecule has 1 aromatic heterocycles. The van der Waals surface area contributed by atoms with Crippen molar-refractivity contribution in [2.24, 2.45) is 0 Å². The van der Waals surface area contributed by atoms with Gasteiger partial charge in [0.25, 0.3) is 5.56 Å². The summed E-state index contributed by atoms with van der Waals surface area (Å²) in [6.45, 7) is 4.84. The molecule has 3 rings (SSSR count). The van der Waals surface area contributed by atoms with Crippen LogP contribution in [-0.4, -0.2) is 15.5 Å². The molecule has 0 fully saturated rings. The highest BCUT2D eigenvalue weighted by atomic mass is 16.2. The Morgan fingerprint density at radius 2 is 2.12 bits per heavy atom. The second kappa shape index (κ2) is 6.59. The number of aromatic nitrogens is 2. The highest BCUT2D eigenvalue weighted by Crippen LogP contribution is 2.41. The van der Waals surface area contributed by atoms with Crippen molar-refractivity contribution in [1.82, 2.24) is 14.9 Å². The summed E-state index contributed by atoms with van der Waals surface area (Å²) in [6.07, 6.45) is 5.17. The van der Waals surface area contributed by atoms with Gasteiger partial charge in [0.15, 0.2) is 0 Å². The molecular formula is C19H23N3O2. The number of hydrogen-bond donors (Lipinski definition) is 1. The van der Waals surface area contributed by atoms with Crippen molar-refractivity contribution in [3.8, 4) is 0 Å². The van der Waals surface area contributed by atoms with Crippen molar-refractivity contribution < 1.29 is 4.79 Å². The van der Waals surface area contributed by atoms with E-state index in [1.807, 2.05) is 6.07 Å². The van der Waals surface area contributed by atoms with Crippen LogP contribution in [0.15, 0.2) is 47.7 Å². The van der Waals surface area contributed by atoms with Gasteiger partial charge in [-0.25, -0.2) is 4.98 Å². The molecule has 1 amide bonds. The van der Waals surface area contributed by atoms with Crippen LogP contribution in [0, 0.1) is 0 Å². The largest absolute Gasteiger partial charge is 0.349 e. The van der Waals surface area contributed by atoms with Crippen molar-refractivity contribution in [2.75, 3.05) is 0 Å². The van der Waals surface area contributed by atoms with E-state index in [-0.39, 0.29) is 29.3 Å². The van der Waals surface area contributed by atoms with Crippen LogP contribution in [0.4, 0.5) is 0 Å². The number of hydrogen-bond acceptors (Lipinski definition) is 3. The lowest BCUT2D eigenvalue weighted by atomic mass is 9.71. The van der Waals surface area contributed by atoms with E-state index in [2.05, 4.69) is 42.3 Å². The Bertz CT molecular complexity index is 795. The highest BCUT2D eigenvalue weighted by molar-refractivity contribution is 5.76. The van der Waals surface area contributed by atoms with E-state index in [1.54, 1.807) is 0 Å². The maximum atomic E-state index is 12.3. The van der Waals surface area contributed by atoms with Crippen molar-refractivity contribution in [1.29, 1.82) is 0 Å². The quantitative estimate of drug-likeness (QED) is 0.939. The average Bonchev–Trinajstić information content (AvgIpc) is 2.57. The SMILES string of the molecule is CC1(C)CC[C@H](NC(=O)CCn2cnccc2=O)c2ccccc21. The fourth-order valence-electron chi connectivity index (χ4n) is 3.40. The van der Waals surface area contributed by atoms with Crippen LogP contribution in [0.25, 0.3) is 0 Å². The molecule has 0 saturated carbocycles. The fraction of sp³-hybridized carbons (Fsp3) is 0.421. The van der Waals surface area contributed by atoms with Crippen LogP contribution in [0.1, 0.15) is 50.3 Å². The predicted molar refractivity (Wildman–Crippen MR) is 92.7 cm³/mol. The minimum absolute atomic E-state index is 0.0368. The number of amides is 1. The molecular weight excluding hydrogens is 302 g/mol. The van der Waals surface area contributed by atoms with Crippen LogP contribution in [-0.2, 0) is 16.8 Å². The van der Waals surface area contributed by atoms with Crippen LogP contribution >= 0.6 is 0 Å². The molecule has 0 aliphatic heterocycles. The first-order chi connectivity index (χ1) is 11.5. The average molecular weight is 325 g/mol. The van der Waals surface area contributed by atoms with E-state index in [0.717, 1.165) is 12.8 Å². The van der Waals surface area contributed by atoms with Gasteiger partial charge in [0, 0.05) is 25.2 Å². The van der Waals surface area contributed by atoms with E-state index in [0.29, 0.717) is 6.54 Å². The Balaban J connectivity index is 1.67. The Morgan fingerprint density at radius 3 is 2.92 bits per heavy atom. The molecule has 1 aromatic carbocycles. The molecule has 5 heteroatoms. The summed E-state index contributed by atoms with van der Waals surface area (Å²) < 4.78 is 1.46. The van der Waals surface area contributed by atoms with E-state index in [9.17, 15) is 9.59 Å². The molecule has 1 atom stereocenters. The number of benzene rings is 1. The normalized spacial score (nSPS) is 18.7. The first-order valence-corrected chi connectivity index (χ1v) is 8.36. The van der Waals surface area contributed by atoms with Crippen molar-refractivity contribution in [3.63, 3.8) is 0 Å². The van der Waals surface area contributed by atoms with E-state index in [1.165, 1.54) is 34.3 Å². The molecule has 5 nitrogen and oxygen atoms in total. The zero-order valence-electron chi connectivity index (χ0n) is 14.2. The smallest absolute Gasteiger partial charge is 0.253 e. The maximum absolute atomic E-state index is 12.3. The van der Waals surface area contributed by atoms with Crippen LogP contribution in [0.5, 0.6) is 0 Å². The standard InChI is InChI=1S/C19H23N3O2/c1-19(2)10-7-16(14-5-3-4-6-15(14)19)21-17(23)9-12-22-13-20-11-8-18(22)24/h3-6,8,11,13,16H,7,9-10,12H2,1-2H3,(H,21,23)/t16-/m0/s1. The van der Waals surface area contributed by atoms with Gasteiger partial charge in [0.05, 0.1) is 12.4 Å². The van der Waals surface area contributed by atoms with Crippen LogP contribution < -0.4 is 10.9 Å². The fourth-order valence-corrected chi connectivity index (χ4v) is 3.40. The summed E-state index contributed by atoms with van der Waals surface area (Å²) in [5, 5.41) is 3.13. The first kappa shape index (κ1) is 16.4. The van der Waals surface area contributed by atoms with Crippen LogP contribution in [0.3, 0.4) is 0 Å². The topological polar surface area (TPSA) is 64.0 Å². The summed E-state index contributed by atoms with van der Waals surface area (Å²) in [5.74, 6) is -0.0368. The zero-order chi connectivity index (χ0) is 17.2. The second-order valence-corrected chi connectivity index (χ2v) is 6.99. The Labute approximate surface area is 141 Å². The molecule has 2 aromatic rings. The minimum Gasteiger partial charge on any atom is -0.349 e. The molecule has 0 saturated heterocycles. The van der Waals surface area contributed by atoms with Gasteiger partial charge in [0.2, 0.25) is 5.91 Å². The number of carbonyl (C=O) groups excluding carboxylic acids is 1. The summed E-state index contributed by atoms with van der Waals surface area (Å²) in [4.78, 5) is 27.9. The third-order valence-corrected chi connectivity index (χ3v) is 4.83. The van der Waals surface area contributed by atoms with Gasteiger partial charge in [-0.1, -0.05) is 38.1 Å². The lowest BCUT2D eigenvalue weighted by Gasteiger charge is -2.37. The third kappa shape index (κ3) is 3.40. The zero-order valence-corrected chi connectivity index (χ0v) is 14.2. The monoisotopic (exact) mass is 325 g/mol. The summed E-state index contributed by atoms with van der Waals surface area (Å²) in [7, 11) is 0. The lowest BCUT2D eigenvalue weighted by molar-refractivity contribution is -0.122. The van der Waals surface area contributed by atoms with Crippen LogP contribution in [0.2, 0.25) is 0 Å². The van der Waals surface area contributed by atoms with Gasteiger partial charge in [-0.05, 0) is 29.4 Å². The molecule has 0 spiro atoms. The predicted octanol–water partition coefficient (Wildman–Crippen LogP) is 2.56. The number of nitrogens with zero attached hydrogens (tertiary/aromatic N) is 2. The molecule has 1 heterocycles. The first-order valence-electron chi connectivity index (χ1n) is 8.36. The summed E-state index contributed by atoms with van der Waals surface area (Å²) in [6, 6.07) is 9.79. The Kier molecular flexibility index (Phi) is 4.51. The third-order valence-electron chi connectivity index (χ3n) is 4.83. The molecule has 126 valence electrons. The Hall–Kier alpha value is -2.43. The molecule has 0 radical (unpaired) electrons. The lowest BCUT2D eigenvalue weighted by Crippen LogP contribution is -2.36. The highest BCUT2D eigenvalue weighted by Gasteiger charge is 2.32. The van der Waals surface area contributed by atoms with Gasteiger partial charge >= 0.3 is 0 Å². The van der Waals surface area contributed by atoms with Gasteiger partial charge in [-0.2, -0.15) is 0 Å². The van der Waals surface area contributed by atoms with Gasteiger partial charge in [0.1, 0.15) is 0 Å². The number of fused-ring (bicyclic) bond motifs is 1. The number of aryl methyl sites for hydroxylation is 1. The van der Waals surface area contributed by atoms with Gasteiger partial charge < -0.3 is 5.32 Å². The number of carbonyl (C=O) groups is 1. The van der Waals surface area contributed by atoms with Gasteiger partial charge in [-0.3, -0.25) is 14.2 Å². The van der Waals surface area contributed by atoms with E-state index >= 15 is 0 Å². The molecule has 1 N–H and O–H groups in total. The summed E-state index contributed by atoms with van der Waals surface area (Å²) >= 11 is 0. The minimum atomic E-state index is -0.137. The molecule has 1 aliphatic rings. The molecule has 0 bridgehead atoms.